The summed E-state index contributed by atoms with van der Waals surface area (Å²) < 4.78 is 0. The number of carbonyl (C=O) groups is 3. The van der Waals surface area contributed by atoms with E-state index in [9.17, 15) is 14.4 Å². The number of amides is 4. The molecule has 1 aliphatic heterocycles. The van der Waals surface area contributed by atoms with E-state index in [1.807, 2.05) is 12.3 Å². The number of likely N-dealkylation sites (N-methyl/N-ethyl adjacent to an activating group) is 1. The van der Waals surface area contributed by atoms with Crippen LogP contribution in [-0.2, 0) is 11.2 Å². The summed E-state index contributed by atoms with van der Waals surface area (Å²) in [5.41, 5.74) is 6.03. The molecule has 2 fully saturated rings. The van der Waals surface area contributed by atoms with Gasteiger partial charge in [0.25, 0.3) is 5.91 Å². The molecule has 1 aliphatic carbocycles. The number of aromatic amines is 1. The molecule has 2 aliphatic rings. The van der Waals surface area contributed by atoms with Crippen molar-refractivity contribution in [2.45, 2.75) is 44.7 Å². The van der Waals surface area contributed by atoms with Crippen LogP contribution in [0.1, 0.15) is 42.7 Å². The number of rotatable bonds is 6. The first-order valence-corrected chi connectivity index (χ1v) is 9.03. The van der Waals surface area contributed by atoms with Crippen molar-refractivity contribution >= 4 is 17.8 Å². The minimum absolute atomic E-state index is 0.0382. The van der Waals surface area contributed by atoms with Crippen molar-refractivity contribution in [3.05, 3.63) is 23.5 Å². The molecule has 0 aromatic carbocycles. The van der Waals surface area contributed by atoms with Gasteiger partial charge in [-0.05, 0) is 36.8 Å². The second-order valence-electron chi connectivity index (χ2n) is 7.87. The van der Waals surface area contributed by atoms with Crippen LogP contribution in [0.25, 0.3) is 0 Å². The van der Waals surface area contributed by atoms with Crippen LogP contribution >= 0.6 is 0 Å². The smallest absolute Gasteiger partial charge is 0.313 e. The maximum absolute atomic E-state index is 12.6. The maximum atomic E-state index is 12.6. The van der Waals surface area contributed by atoms with E-state index in [1.165, 1.54) is 0 Å². The number of nitrogens with zero attached hydrogens (tertiary/aromatic N) is 2. The Morgan fingerprint density at radius 1 is 1.38 bits per heavy atom. The summed E-state index contributed by atoms with van der Waals surface area (Å²) in [6, 6.07) is 1.18. The van der Waals surface area contributed by atoms with E-state index in [1.54, 1.807) is 16.8 Å². The molecule has 4 N–H and O–H groups in total. The summed E-state index contributed by atoms with van der Waals surface area (Å²) in [4.78, 5) is 42.6. The summed E-state index contributed by atoms with van der Waals surface area (Å²) in [7, 11) is 1.72. The Hall–Kier alpha value is -2.51. The molecule has 1 aromatic rings. The number of hydrogen-bond donors (Lipinski definition) is 3. The lowest BCUT2D eigenvalue weighted by Crippen LogP contribution is -2.64. The lowest BCUT2D eigenvalue weighted by molar-refractivity contribution is -0.137. The van der Waals surface area contributed by atoms with Crippen molar-refractivity contribution in [2.24, 2.45) is 11.7 Å². The van der Waals surface area contributed by atoms with Crippen LogP contribution in [0.4, 0.5) is 4.79 Å². The average molecular weight is 361 g/mol. The van der Waals surface area contributed by atoms with Crippen LogP contribution in [0.3, 0.4) is 0 Å². The maximum Gasteiger partial charge on any atom is 0.313 e. The zero-order chi connectivity index (χ0) is 19.1. The fraction of sp³-hybridized carbons (Fsp3) is 0.611. The van der Waals surface area contributed by atoms with Gasteiger partial charge in [0.2, 0.25) is 5.91 Å². The zero-order valence-corrected chi connectivity index (χ0v) is 15.5. The van der Waals surface area contributed by atoms with Gasteiger partial charge in [0.1, 0.15) is 11.2 Å². The van der Waals surface area contributed by atoms with Crippen LogP contribution in [0.15, 0.2) is 12.3 Å². The van der Waals surface area contributed by atoms with Gasteiger partial charge < -0.3 is 25.8 Å². The molecule has 26 heavy (non-hydrogen) atoms. The largest absolute Gasteiger partial charge is 0.357 e. The molecule has 8 nitrogen and oxygen atoms in total. The number of carbonyl (C=O) groups excluding carboxylic acids is 3. The molecule has 1 aromatic heterocycles. The second-order valence-corrected chi connectivity index (χ2v) is 7.87. The van der Waals surface area contributed by atoms with Crippen molar-refractivity contribution < 1.29 is 14.4 Å². The number of urea groups is 1. The van der Waals surface area contributed by atoms with Crippen molar-refractivity contribution in [2.75, 3.05) is 20.1 Å². The second kappa shape index (κ2) is 6.66. The molecular weight excluding hydrogens is 334 g/mol. The Balaban J connectivity index is 1.53. The van der Waals surface area contributed by atoms with E-state index in [2.05, 4.69) is 24.1 Å². The molecule has 4 amide bonds. The van der Waals surface area contributed by atoms with E-state index in [-0.39, 0.29) is 17.9 Å². The van der Waals surface area contributed by atoms with E-state index in [0.717, 1.165) is 12.0 Å². The molecule has 3 rings (SSSR count). The third-order valence-electron chi connectivity index (χ3n) is 5.16. The van der Waals surface area contributed by atoms with Gasteiger partial charge in [0.05, 0.1) is 6.04 Å². The number of hydrogen-bond acceptors (Lipinski definition) is 3. The van der Waals surface area contributed by atoms with E-state index >= 15 is 0 Å². The summed E-state index contributed by atoms with van der Waals surface area (Å²) in [6.45, 7) is 5.26. The number of H-pyrrole nitrogens is 1. The van der Waals surface area contributed by atoms with Crippen molar-refractivity contribution in [3.8, 4) is 0 Å². The van der Waals surface area contributed by atoms with Crippen molar-refractivity contribution in [3.63, 3.8) is 0 Å². The minimum atomic E-state index is -0.837. The van der Waals surface area contributed by atoms with Gasteiger partial charge in [-0.15, -0.1) is 0 Å². The van der Waals surface area contributed by atoms with Gasteiger partial charge in [-0.3, -0.25) is 9.59 Å². The van der Waals surface area contributed by atoms with E-state index in [4.69, 9.17) is 5.73 Å². The van der Waals surface area contributed by atoms with Gasteiger partial charge in [-0.25, -0.2) is 4.79 Å². The molecular formula is C18H27N5O3. The first-order valence-electron chi connectivity index (χ1n) is 9.03. The third-order valence-corrected chi connectivity index (χ3v) is 5.16. The highest BCUT2D eigenvalue weighted by Gasteiger charge is 2.54. The SMILES string of the molecule is CC(C)Cc1c[nH]c(C(=O)N2CC(N(C)C(=O)C3(NC(N)=O)CC3)C2)c1. The topological polar surface area (TPSA) is 112 Å². The van der Waals surface area contributed by atoms with Crippen LogP contribution in [0, 0.1) is 5.92 Å². The van der Waals surface area contributed by atoms with Crippen molar-refractivity contribution in [1.82, 2.24) is 20.1 Å². The first kappa shape index (κ1) is 18.3. The molecule has 1 saturated heterocycles. The van der Waals surface area contributed by atoms with Crippen LogP contribution in [0.5, 0.6) is 0 Å². The Kier molecular flexibility index (Phi) is 4.68. The standard InChI is InChI=1S/C18H27N5O3/c1-11(2)6-12-7-14(20-8-12)15(24)23-9-13(10-23)22(3)16(25)18(4-5-18)21-17(19)26/h7-8,11,13,20H,4-6,9-10H2,1-3H3,(H3,19,21,26). The van der Waals surface area contributed by atoms with Gasteiger partial charge in [-0.1, -0.05) is 13.8 Å². The average Bonchev–Trinajstić information content (AvgIpc) is 3.12. The number of nitrogens with one attached hydrogen (secondary N) is 2. The fourth-order valence-corrected chi connectivity index (χ4v) is 3.44. The van der Waals surface area contributed by atoms with Gasteiger partial charge in [0.15, 0.2) is 0 Å². The fourth-order valence-electron chi connectivity index (χ4n) is 3.44. The molecule has 0 spiro atoms. The molecule has 0 unspecified atom stereocenters. The summed E-state index contributed by atoms with van der Waals surface area (Å²) in [5.74, 6) is 0.353. The molecule has 0 atom stereocenters. The Labute approximate surface area is 153 Å². The first-order chi connectivity index (χ1) is 12.2. The number of nitrogens with two attached hydrogens (primary N) is 1. The molecule has 142 valence electrons. The zero-order valence-electron chi connectivity index (χ0n) is 15.5. The molecule has 2 heterocycles. The van der Waals surface area contributed by atoms with Crippen molar-refractivity contribution in [1.29, 1.82) is 0 Å². The number of aromatic nitrogens is 1. The highest BCUT2D eigenvalue weighted by molar-refractivity contribution is 5.95. The minimum Gasteiger partial charge on any atom is -0.357 e. The van der Waals surface area contributed by atoms with Crippen LogP contribution in [0.2, 0.25) is 0 Å². The van der Waals surface area contributed by atoms with E-state index in [0.29, 0.717) is 37.5 Å². The number of primary amides is 1. The number of likely N-dealkylation sites (tertiary alicyclic amines) is 1. The summed E-state index contributed by atoms with van der Waals surface area (Å²) >= 11 is 0. The van der Waals surface area contributed by atoms with Gasteiger partial charge in [-0.2, -0.15) is 0 Å². The summed E-state index contributed by atoms with van der Waals surface area (Å²) in [6.07, 6.45) is 4.02. The Morgan fingerprint density at radius 3 is 2.58 bits per heavy atom. The lowest BCUT2D eigenvalue weighted by Gasteiger charge is -2.44. The lowest BCUT2D eigenvalue weighted by atomic mass is 10.0. The molecule has 0 bridgehead atoms. The highest BCUT2D eigenvalue weighted by Crippen LogP contribution is 2.37. The highest BCUT2D eigenvalue weighted by atomic mass is 16.2. The predicted octanol–water partition coefficient (Wildman–Crippen LogP) is 0.697. The van der Waals surface area contributed by atoms with E-state index < -0.39 is 11.6 Å². The Morgan fingerprint density at radius 2 is 2.04 bits per heavy atom. The molecule has 0 radical (unpaired) electrons. The molecule has 8 heteroatoms. The molecule has 1 saturated carbocycles. The quantitative estimate of drug-likeness (QED) is 0.693. The van der Waals surface area contributed by atoms with Crippen LogP contribution in [-0.4, -0.2) is 64.3 Å². The summed E-state index contributed by atoms with van der Waals surface area (Å²) in [5, 5.41) is 2.55. The van der Waals surface area contributed by atoms with Gasteiger partial charge in [0, 0.05) is 26.3 Å². The predicted molar refractivity (Wildman–Crippen MR) is 96.5 cm³/mol. The monoisotopic (exact) mass is 361 g/mol. The third kappa shape index (κ3) is 3.54. The Bertz CT molecular complexity index is 716. The van der Waals surface area contributed by atoms with Crippen LogP contribution < -0.4 is 11.1 Å². The van der Waals surface area contributed by atoms with Gasteiger partial charge >= 0.3 is 6.03 Å². The normalized spacial score (nSPS) is 18.4.